The number of primary amides is 1. The van der Waals surface area contributed by atoms with Crippen LogP contribution in [-0.4, -0.2) is 31.6 Å². The number of para-hydroxylation sites is 1. The van der Waals surface area contributed by atoms with Crippen molar-refractivity contribution >= 4 is 17.6 Å². The number of anilines is 1. The van der Waals surface area contributed by atoms with Crippen molar-refractivity contribution in [2.24, 2.45) is 5.73 Å². The molecule has 0 aliphatic carbocycles. The number of carbonyl (C=O) groups is 2. The first-order valence-electron chi connectivity index (χ1n) is 9.04. The van der Waals surface area contributed by atoms with E-state index in [-0.39, 0.29) is 18.4 Å². The zero-order valence-electron chi connectivity index (χ0n) is 16.1. The topological polar surface area (TPSA) is 87.5 Å². The molecule has 2 aromatic carbocycles. The fraction of sp³-hybridized carbons (Fsp3) is 0.333. The smallest absolute Gasteiger partial charge is 0.312 e. The number of rotatable bonds is 8. The van der Waals surface area contributed by atoms with E-state index in [0.29, 0.717) is 6.54 Å². The summed E-state index contributed by atoms with van der Waals surface area (Å²) in [5.74, 6) is -0.136. The summed E-state index contributed by atoms with van der Waals surface area (Å²) in [4.78, 5) is 25.9. The molecule has 0 aliphatic heterocycles. The second-order valence-corrected chi connectivity index (χ2v) is 6.78. The van der Waals surface area contributed by atoms with Gasteiger partial charge in [0, 0.05) is 25.3 Å². The van der Waals surface area contributed by atoms with E-state index < -0.39 is 12.1 Å². The Balaban J connectivity index is 1.94. The molecule has 0 aliphatic rings. The minimum atomic E-state index is -0.647. The van der Waals surface area contributed by atoms with E-state index >= 15 is 0 Å². The molecule has 0 spiro atoms. The molecule has 6 nitrogen and oxygen atoms in total. The highest BCUT2D eigenvalue weighted by molar-refractivity contribution is 5.78. The quantitative estimate of drug-likeness (QED) is 0.669. The zero-order valence-corrected chi connectivity index (χ0v) is 16.1. The second kappa shape index (κ2) is 9.62. The van der Waals surface area contributed by atoms with Gasteiger partial charge in [-0.25, -0.2) is 4.79 Å². The Hall–Kier alpha value is -3.02. The molecule has 3 amide bonds. The highest BCUT2D eigenvalue weighted by Gasteiger charge is 2.18. The highest BCUT2D eigenvalue weighted by Crippen LogP contribution is 2.18. The number of hydrogen-bond donors (Lipinski definition) is 3. The van der Waals surface area contributed by atoms with Crippen molar-refractivity contribution in [3.63, 3.8) is 0 Å². The summed E-state index contributed by atoms with van der Waals surface area (Å²) in [6, 6.07) is 16.7. The third kappa shape index (κ3) is 6.33. The molecule has 27 heavy (non-hydrogen) atoms. The molecule has 0 fully saturated rings. The van der Waals surface area contributed by atoms with Gasteiger partial charge in [0.1, 0.15) is 0 Å². The van der Waals surface area contributed by atoms with Crippen LogP contribution in [0.4, 0.5) is 10.5 Å². The summed E-state index contributed by atoms with van der Waals surface area (Å²) in [7, 11) is 2.00. The van der Waals surface area contributed by atoms with Crippen LogP contribution in [0.25, 0.3) is 0 Å². The molecule has 2 aromatic rings. The van der Waals surface area contributed by atoms with Crippen molar-refractivity contribution in [3.05, 3.63) is 65.7 Å². The van der Waals surface area contributed by atoms with Crippen molar-refractivity contribution in [1.29, 1.82) is 0 Å². The van der Waals surface area contributed by atoms with Gasteiger partial charge in [-0.05, 0) is 31.5 Å². The highest BCUT2D eigenvalue weighted by atomic mass is 16.2. The Morgan fingerprint density at radius 2 is 1.81 bits per heavy atom. The van der Waals surface area contributed by atoms with Crippen LogP contribution in [0.3, 0.4) is 0 Å². The number of aryl methyl sites for hydroxylation is 1. The van der Waals surface area contributed by atoms with Gasteiger partial charge in [0.2, 0.25) is 5.91 Å². The predicted octanol–water partition coefficient (Wildman–Crippen LogP) is 2.74. The molecule has 0 bridgehead atoms. The summed E-state index contributed by atoms with van der Waals surface area (Å²) in [5, 5.41) is 5.61. The van der Waals surface area contributed by atoms with Gasteiger partial charge < -0.3 is 21.3 Å². The first-order chi connectivity index (χ1) is 12.9. The summed E-state index contributed by atoms with van der Waals surface area (Å²) in [6.07, 6.45) is 0.133. The molecule has 6 heteroatoms. The molecule has 0 saturated heterocycles. The fourth-order valence-corrected chi connectivity index (χ4v) is 2.88. The Morgan fingerprint density at radius 3 is 2.44 bits per heavy atom. The number of hydrogen-bond acceptors (Lipinski definition) is 3. The third-order valence-corrected chi connectivity index (χ3v) is 4.57. The molecule has 0 heterocycles. The van der Waals surface area contributed by atoms with Gasteiger partial charge in [-0.3, -0.25) is 4.79 Å². The molecular formula is C21H28N4O2. The first-order valence-corrected chi connectivity index (χ1v) is 9.04. The Bertz CT molecular complexity index is 764. The van der Waals surface area contributed by atoms with Crippen LogP contribution < -0.4 is 21.3 Å². The van der Waals surface area contributed by atoms with Gasteiger partial charge >= 0.3 is 6.03 Å². The maximum absolute atomic E-state index is 12.4. The lowest BCUT2D eigenvalue weighted by Crippen LogP contribution is -2.42. The van der Waals surface area contributed by atoms with Crippen molar-refractivity contribution in [2.45, 2.75) is 32.4 Å². The van der Waals surface area contributed by atoms with Crippen LogP contribution in [0.15, 0.2) is 54.6 Å². The number of nitrogens with zero attached hydrogens (tertiary/aromatic N) is 1. The number of benzene rings is 2. The molecule has 0 saturated carbocycles. The van der Waals surface area contributed by atoms with Crippen LogP contribution >= 0.6 is 0 Å². The summed E-state index contributed by atoms with van der Waals surface area (Å²) in [5.41, 5.74) is 8.29. The number of amides is 3. The van der Waals surface area contributed by atoms with Gasteiger partial charge in [-0.2, -0.15) is 0 Å². The minimum absolute atomic E-state index is 0.123. The SMILES string of the molecule is Cc1cccc([C@@H](CC(=O)NC[C@@H](C)N(C)c2ccccc2)NC(N)=O)c1. The number of likely N-dealkylation sites (N-methyl/N-ethyl adjacent to an activating group) is 1. The molecule has 144 valence electrons. The van der Waals surface area contributed by atoms with Crippen LogP contribution in [0.5, 0.6) is 0 Å². The fourth-order valence-electron chi connectivity index (χ4n) is 2.88. The average Bonchev–Trinajstić information content (AvgIpc) is 2.65. The van der Waals surface area contributed by atoms with Crippen LogP contribution in [0.1, 0.15) is 30.5 Å². The van der Waals surface area contributed by atoms with Gasteiger partial charge in [-0.1, -0.05) is 48.0 Å². The van der Waals surface area contributed by atoms with Crippen molar-refractivity contribution in [3.8, 4) is 0 Å². The lowest BCUT2D eigenvalue weighted by molar-refractivity contribution is -0.121. The van der Waals surface area contributed by atoms with Gasteiger partial charge in [-0.15, -0.1) is 0 Å². The molecule has 0 radical (unpaired) electrons. The second-order valence-electron chi connectivity index (χ2n) is 6.78. The minimum Gasteiger partial charge on any atom is -0.370 e. The number of nitrogens with one attached hydrogen (secondary N) is 2. The van der Waals surface area contributed by atoms with E-state index in [1.54, 1.807) is 0 Å². The summed E-state index contributed by atoms with van der Waals surface area (Å²) in [6.45, 7) is 4.51. The van der Waals surface area contributed by atoms with E-state index in [1.807, 2.05) is 75.5 Å². The number of carbonyl (C=O) groups excluding carboxylic acids is 2. The van der Waals surface area contributed by atoms with Crippen LogP contribution in [0.2, 0.25) is 0 Å². The summed E-state index contributed by atoms with van der Waals surface area (Å²) < 4.78 is 0. The van der Waals surface area contributed by atoms with Gasteiger partial charge in [0.25, 0.3) is 0 Å². The third-order valence-electron chi connectivity index (χ3n) is 4.57. The Morgan fingerprint density at radius 1 is 1.11 bits per heavy atom. The van der Waals surface area contributed by atoms with E-state index in [4.69, 9.17) is 5.73 Å². The molecule has 2 atom stereocenters. The van der Waals surface area contributed by atoms with Crippen molar-refractivity contribution in [2.75, 3.05) is 18.5 Å². The Kier molecular flexibility index (Phi) is 7.23. The largest absolute Gasteiger partial charge is 0.370 e. The lowest BCUT2D eigenvalue weighted by Gasteiger charge is -2.27. The normalized spacial score (nSPS) is 12.7. The monoisotopic (exact) mass is 368 g/mol. The summed E-state index contributed by atoms with van der Waals surface area (Å²) >= 11 is 0. The van der Waals surface area contributed by atoms with Crippen molar-refractivity contribution in [1.82, 2.24) is 10.6 Å². The first kappa shape index (κ1) is 20.3. The molecule has 0 aromatic heterocycles. The number of nitrogens with two attached hydrogens (primary N) is 1. The predicted molar refractivity (Wildman–Crippen MR) is 109 cm³/mol. The van der Waals surface area contributed by atoms with E-state index in [1.165, 1.54) is 0 Å². The molecule has 0 unspecified atom stereocenters. The molecule has 4 N–H and O–H groups in total. The Labute approximate surface area is 160 Å². The average molecular weight is 368 g/mol. The van der Waals surface area contributed by atoms with Gasteiger partial charge in [0.15, 0.2) is 0 Å². The van der Waals surface area contributed by atoms with E-state index in [2.05, 4.69) is 15.5 Å². The van der Waals surface area contributed by atoms with Crippen molar-refractivity contribution < 1.29 is 9.59 Å². The van der Waals surface area contributed by atoms with Crippen LogP contribution in [0, 0.1) is 6.92 Å². The maximum Gasteiger partial charge on any atom is 0.312 e. The molecular weight excluding hydrogens is 340 g/mol. The standard InChI is InChI=1S/C21H28N4O2/c1-15-8-7-9-17(12-15)19(24-21(22)27)13-20(26)23-14-16(2)25(3)18-10-5-4-6-11-18/h4-12,16,19H,13-14H2,1-3H3,(H,23,26)(H3,22,24,27)/t16-,19-/m1/s1. The number of urea groups is 1. The van der Waals surface area contributed by atoms with E-state index in [9.17, 15) is 9.59 Å². The molecule has 2 rings (SSSR count). The zero-order chi connectivity index (χ0) is 19.8. The van der Waals surface area contributed by atoms with Crippen LogP contribution in [-0.2, 0) is 4.79 Å². The van der Waals surface area contributed by atoms with E-state index in [0.717, 1.165) is 16.8 Å². The maximum atomic E-state index is 12.4. The van der Waals surface area contributed by atoms with Gasteiger partial charge in [0.05, 0.1) is 12.5 Å². The lowest BCUT2D eigenvalue weighted by atomic mass is 10.0.